The Morgan fingerprint density at radius 2 is 1.67 bits per heavy atom. The van der Waals surface area contributed by atoms with E-state index >= 15 is 0 Å². The van der Waals surface area contributed by atoms with Crippen molar-refractivity contribution < 1.29 is 0 Å². The van der Waals surface area contributed by atoms with Gasteiger partial charge in [-0.15, -0.1) is 0 Å². The normalized spacial score (nSPS) is 34.0. The number of rotatable bonds is 2. The van der Waals surface area contributed by atoms with Crippen molar-refractivity contribution in [3.05, 3.63) is 0 Å². The van der Waals surface area contributed by atoms with E-state index in [2.05, 4.69) is 37.9 Å². The summed E-state index contributed by atoms with van der Waals surface area (Å²) in [6.45, 7) is 14.9. The highest BCUT2D eigenvalue weighted by Gasteiger charge is 2.64. The molecule has 2 saturated carbocycles. The number of hydrogen-bond donors (Lipinski definition) is 1. The molecule has 0 amide bonds. The topological polar surface area (TPSA) is 15.3 Å². The summed E-state index contributed by atoms with van der Waals surface area (Å²) in [5.74, 6) is 0.890. The lowest BCUT2D eigenvalue weighted by Gasteiger charge is -2.42. The Balaban J connectivity index is 1.61. The van der Waals surface area contributed by atoms with Gasteiger partial charge < -0.3 is 5.32 Å². The summed E-state index contributed by atoms with van der Waals surface area (Å²) in [4.78, 5) is 2.75. The first-order chi connectivity index (χ1) is 8.37. The van der Waals surface area contributed by atoms with E-state index in [1.807, 2.05) is 0 Å². The minimum atomic E-state index is 0.488. The first kappa shape index (κ1) is 12.9. The van der Waals surface area contributed by atoms with Crippen LogP contribution in [0.3, 0.4) is 0 Å². The third-order valence-electron chi connectivity index (χ3n) is 6.78. The van der Waals surface area contributed by atoms with Crippen molar-refractivity contribution in [1.29, 1.82) is 0 Å². The predicted octanol–water partition coefficient (Wildman–Crippen LogP) is 2.89. The fourth-order valence-corrected chi connectivity index (χ4v) is 4.63. The summed E-state index contributed by atoms with van der Waals surface area (Å²) in [5.41, 5.74) is 1.57. The molecule has 0 bridgehead atoms. The van der Waals surface area contributed by atoms with Crippen LogP contribution in [0.5, 0.6) is 0 Å². The van der Waals surface area contributed by atoms with E-state index in [-0.39, 0.29) is 0 Å². The van der Waals surface area contributed by atoms with Gasteiger partial charge >= 0.3 is 0 Å². The third kappa shape index (κ3) is 1.84. The molecule has 2 heteroatoms. The quantitative estimate of drug-likeness (QED) is 0.810. The maximum atomic E-state index is 3.82. The summed E-state index contributed by atoms with van der Waals surface area (Å²) in [7, 11) is 0. The molecule has 0 aromatic carbocycles. The zero-order valence-corrected chi connectivity index (χ0v) is 12.7. The van der Waals surface area contributed by atoms with E-state index in [0.29, 0.717) is 16.4 Å². The Bertz CT molecular complexity index is 312. The molecule has 0 atom stereocenters. The maximum Gasteiger partial charge on any atom is 0.0309 e. The molecule has 1 spiro atoms. The standard InChI is InChI=1S/C16H30N2/c1-14(2)13(15(14,3)4)11-18-10-9-17-16(12-18)7-5-6-8-16/h13,17H,5-12H2,1-4H3. The smallest absolute Gasteiger partial charge is 0.0309 e. The van der Waals surface area contributed by atoms with Gasteiger partial charge in [0.05, 0.1) is 0 Å². The number of hydrogen-bond acceptors (Lipinski definition) is 2. The molecule has 0 radical (unpaired) electrons. The summed E-state index contributed by atoms with van der Waals surface area (Å²) < 4.78 is 0. The fourth-order valence-electron chi connectivity index (χ4n) is 4.63. The van der Waals surface area contributed by atoms with Crippen LogP contribution in [0.15, 0.2) is 0 Å². The molecule has 1 saturated heterocycles. The van der Waals surface area contributed by atoms with Gasteiger partial charge in [-0.3, -0.25) is 4.90 Å². The first-order valence-electron chi connectivity index (χ1n) is 7.85. The largest absolute Gasteiger partial charge is 0.309 e. The SMILES string of the molecule is CC1(C)C(CN2CCNC3(CCCC3)C2)C1(C)C. The molecule has 0 aromatic heterocycles. The van der Waals surface area contributed by atoms with Gasteiger partial charge in [0.2, 0.25) is 0 Å². The minimum absolute atomic E-state index is 0.488. The summed E-state index contributed by atoms with van der Waals surface area (Å²) in [6.07, 6.45) is 5.67. The van der Waals surface area contributed by atoms with Crippen molar-refractivity contribution >= 4 is 0 Å². The van der Waals surface area contributed by atoms with Crippen LogP contribution in [0.25, 0.3) is 0 Å². The molecule has 18 heavy (non-hydrogen) atoms. The Morgan fingerprint density at radius 3 is 2.22 bits per heavy atom. The van der Waals surface area contributed by atoms with E-state index in [1.54, 1.807) is 0 Å². The Labute approximate surface area is 113 Å². The van der Waals surface area contributed by atoms with Crippen molar-refractivity contribution in [1.82, 2.24) is 10.2 Å². The van der Waals surface area contributed by atoms with Gasteiger partial charge in [-0.1, -0.05) is 40.5 Å². The lowest BCUT2D eigenvalue weighted by atomic mass is 9.94. The second-order valence-corrected chi connectivity index (χ2v) is 8.15. The Hall–Kier alpha value is -0.0800. The van der Waals surface area contributed by atoms with E-state index in [1.165, 1.54) is 51.9 Å². The maximum absolute atomic E-state index is 3.82. The molecule has 1 aliphatic heterocycles. The van der Waals surface area contributed by atoms with Crippen molar-refractivity contribution in [3.63, 3.8) is 0 Å². The highest BCUT2D eigenvalue weighted by Crippen LogP contribution is 2.68. The van der Waals surface area contributed by atoms with Crippen LogP contribution in [-0.2, 0) is 0 Å². The monoisotopic (exact) mass is 250 g/mol. The molecule has 3 aliphatic rings. The molecule has 2 aliphatic carbocycles. The number of piperazine rings is 1. The van der Waals surface area contributed by atoms with Crippen molar-refractivity contribution in [2.45, 2.75) is 58.9 Å². The van der Waals surface area contributed by atoms with Crippen LogP contribution in [0.2, 0.25) is 0 Å². The van der Waals surface area contributed by atoms with Gasteiger partial charge in [0, 0.05) is 31.7 Å². The fraction of sp³-hybridized carbons (Fsp3) is 1.00. The predicted molar refractivity (Wildman–Crippen MR) is 76.7 cm³/mol. The molecular weight excluding hydrogens is 220 g/mol. The third-order valence-corrected chi connectivity index (χ3v) is 6.78. The van der Waals surface area contributed by atoms with Crippen LogP contribution < -0.4 is 5.32 Å². The zero-order chi connectivity index (χ0) is 13.0. The highest BCUT2D eigenvalue weighted by atomic mass is 15.2. The Kier molecular flexibility index (Phi) is 2.84. The van der Waals surface area contributed by atoms with Crippen LogP contribution in [0, 0.1) is 16.7 Å². The molecule has 3 rings (SSSR count). The van der Waals surface area contributed by atoms with Gasteiger partial charge in [0.1, 0.15) is 0 Å². The summed E-state index contributed by atoms with van der Waals surface area (Å²) >= 11 is 0. The summed E-state index contributed by atoms with van der Waals surface area (Å²) in [6, 6.07) is 0. The van der Waals surface area contributed by atoms with E-state index in [9.17, 15) is 0 Å². The molecule has 104 valence electrons. The van der Waals surface area contributed by atoms with Crippen molar-refractivity contribution in [2.75, 3.05) is 26.2 Å². The summed E-state index contributed by atoms with van der Waals surface area (Å²) in [5, 5.41) is 3.82. The van der Waals surface area contributed by atoms with E-state index in [0.717, 1.165) is 5.92 Å². The van der Waals surface area contributed by atoms with Crippen LogP contribution in [-0.4, -0.2) is 36.6 Å². The van der Waals surface area contributed by atoms with E-state index < -0.39 is 0 Å². The molecule has 1 heterocycles. The average Bonchev–Trinajstić information content (AvgIpc) is 2.69. The lowest BCUT2D eigenvalue weighted by molar-refractivity contribution is 0.124. The molecule has 0 unspecified atom stereocenters. The van der Waals surface area contributed by atoms with Crippen molar-refractivity contribution in [3.8, 4) is 0 Å². The first-order valence-corrected chi connectivity index (χ1v) is 7.85. The van der Waals surface area contributed by atoms with Gasteiger partial charge in [-0.2, -0.15) is 0 Å². The van der Waals surface area contributed by atoms with Gasteiger partial charge in [-0.05, 0) is 29.6 Å². The van der Waals surface area contributed by atoms with Crippen LogP contribution >= 0.6 is 0 Å². The highest BCUT2D eigenvalue weighted by molar-refractivity contribution is 5.13. The van der Waals surface area contributed by atoms with Gasteiger partial charge in [0.15, 0.2) is 0 Å². The van der Waals surface area contributed by atoms with Gasteiger partial charge in [0.25, 0.3) is 0 Å². The lowest BCUT2D eigenvalue weighted by Crippen LogP contribution is -2.59. The molecule has 1 N–H and O–H groups in total. The molecule has 3 fully saturated rings. The zero-order valence-electron chi connectivity index (χ0n) is 12.7. The molecular formula is C16H30N2. The molecule has 0 aromatic rings. The number of nitrogens with zero attached hydrogens (tertiary/aromatic N) is 1. The van der Waals surface area contributed by atoms with Crippen LogP contribution in [0.4, 0.5) is 0 Å². The van der Waals surface area contributed by atoms with Gasteiger partial charge in [-0.25, -0.2) is 0 Å². The second-order valence-electron chi connectivity index (χ2n) is 8.15. The minimum Gasteiger partial charge on any atom is -0.309 e. The molecule has 2 nitrogen and oxygen atoms in total. The average molecular weight is 250 g/mol. The van der Waals surface area contributed by atoms with Crippen molar-refractivity contribution in [2.24, 2.45) is 16.7 Å². The van der Waals surface area contributed by atoms with E-state index in [4.69, 9.17) is 0 Å². The Morgan fingerprint density at radius 1 is 1.06 bits per heavy atom. The second kappa shape index (κ2) is 3.96. The number of nitrogens with one attached hydrogen (secondary N) is 1. The van der Waals surface area contributed by atoms with Crippen LogP contribution in [0.1, 0.15) is 53.4 Å².